The first-order valence-electron chi connectivity index (χ1n) is 5.33. The molecule has 0 fully saturated rings. The van der Waals surface area contributed by atoms with E-state index in [2.05, 4.69) is 52.1 Å². The number of benzene rings is 1. The lowest BCUT2D eigenvalue weighted by Gasteiger charge is -2.09. The highest BCUT2D eigenvalue weighted by Gasteiger charge is 2.31. The standard InChI is InChI=1S/C11H6Br2F3N3O2/c12-7-8(18-19-9(7)13)10(20)17-5-1-3-6(4-2-5)21-11(14,15)16/h1-4H,(H,17,20)(H,18,19). The van der Waals surface area contributed by atoms with Crippen molar-refractivity contribution >= 4 is 43.5 Å². The molecule has 0 atom stereocenters. The molecular weight excluding hydrogens is 423 g/mol. The number of amides is 1. The van der Waals surface area contributed by atoms with Crippen molar-refractivity contribution in [1.82, 2.24) is 10.2 Å². The zero-order chi connectivity index (χ0) is 15.6. The maximum atomic E-state index is 12.0. The first kappa shape index (κ1) is 15.8. The number of rotatable bonds is 3. The van der Waals surface area contributed by atoms with Gasteiger partial charge in [0.15, 0.2) is 5.69 Å². The van der Waals surface area contributed by atoms with Crippen molar-refractivity contribution in [2.24, 2.45) is 0 Å². The zero-order valence-corrected chi connectivity index (χ0v) is 13.1. The molecule has 0 saturated heterocycles. The molecule has 1 heterocycles. The second kappa shape index (κ2) is 6.06. The Morgan fingerprint density at radius 1 is 1.24 bits per heavy atom. The van der Waals surface area contributed by atoms with Gasteiger partial charge < -0.3 is 10.1 Å². The predicted octanol–water partition coefficient (Wildman–Crippen LogP) is 4.09. The Balaban J connectivity index is 2.07. The van der Waals surface area contributed by atoms with Crippen LogP contribution < -0.4 is 10.1 Å². The number of aromatic amines is 1. The van der Waals surface area contributed by atoms with Crippen molar-refractivity contribution < 1.29 is 22.7 Å². The third-order valence-corrected chi connectivity index (χ3v) is 4.11. The molecule has 0 bridgehead atoms. The smallest absolute Gasteiger partial charge is 0.406 e. The van der Waals surface area contributed by atoms with Crippen LogP contribution in [-0.2, 0) is 0 Å². The number of carbonyl (C=O) groups excluding carboxylic acids is 1. The van der Waals surface area contributed by atoms with Gasteiger partial charge >= 0.3 is 6.36 Å². The molecule has 0 aliphatic heterocycles. The summed E-state index contributed by atoms with van der Waals surface area (Å²) in [6.07, 6.45) is -4.75. The van der Waals surface area contributed by atoms with E-state index < -0.39 is 12.3 Å². The van der Waals surface area contributed by atoms with Gasteiger partial charge in [-0.25, -0.2) is 0 Å². The number of halogens is 5. The number of ether oxygens (including phenoxy) is 1. The molecule has 2 N–H and O–H groups in total. The first-order chi connectivity index (χ1) is 9.76. The van der Waals surface area contributed by atoms with Crippen molar-refractivity contribution in [3.8, 4) is 5.75 Å². The lowest BCUT2D eigenvalue weighted by molar-refractivity contribution is -0.274. The van der Waals surface area contributed by atoms with Crippen LogP contribution in [0, 0.1) is 0 Å². The molecule has 1 aromatic heterocycles. The Bertz CT molecular complexity index is 656. The minimum absolute atomic E-state index is 0.109. The van der Waals surface area contributed by atoms with Crippen LogP contribution in [0.5, 0.6) is 5.75 Å². The van der Waals surface area contributed by atoms with E-state index in [1.165, 1.54) is 12.1 Å². The van der Waals surface area contributed by atoms with E-state index in [-0.39, 0.29) is 11.4 Å². The number of H-pyrrole nitrogens is 1. The molecule has 2 aromatic rings. The summed E-state index contributed by atoms with van der Waals surface area (Å²) in [6, 6.07) is 4.76. The van der Waals surface area contributed by atoms with Crippen molar-refractivity contribution in [2.75, 3.05) is 5.32 Å². The van der Waals surface area contributed by atoms with Gasteiger partial charge in [0.05, 0.1) is 4.47 Å². The van der Waals surface area contributed by atoms with Crippen LogP contribution in [0.1, 0.15) is 10.5 Å². The molecule has 0 saturated carbocycles. The number of hydrogen-bond acceptors (Lipinski definition) is 3. The minimum atomic E-state index is -4.75. The minimum Gasteiger partial charge on any atom is -0.406 e. The fourth-order valence-electron chi connectivity index (χ4n) is 1.39. The van der Waals surface area contributed by atoms with Crippen LogP contribution in [0.15, 0.2) is 33.3 Å². The fourth-order valence-corrected chi connectivity index (χ4v) is 2.02. The third-order valence-electron chi connectivity index (χ3n) is 2.23. The number of hydrogen-bond donors (Lipinski definition) is 2. The second-order valence-corrected chi connectivity index (χ2v) is 5.31. The number of carbonyl (C=O) groups is 1. The highest BCUT2D eigenvalue weighted by Crippen LogP contribution is 2.26. The lowest BCUT2D eigenvalue weighted by Crippen LogP contribution is -2.17. The van der Waals surface area contributed by atoms with Crippen molar-refractivity contribution in [3.05, 3.63) is 39.0 Å². The van der Waals surface area contributed by atoms with Crippen LogP contribution in [0.25, 0.3) is 0 Å². The molecule has 1 aromatic carbocycles. The van der Waals surface area contributed by atoms with E-state index in [9.17, 15) is 18.0 Å². The molecule has 0 aliphatic carbocycles. The largest absolute Gasteiger partial charge is 0.573 e. The number of aromatic nitrogens is 2. The van der Waals surface area contributed by atoms with Crippen molar-refractivity contribution in [1.29, 1.82) is 0 Å². The highest BCUT2D eigenvalue weighted by atomic mass is 79.9. The van der Waals surface area contributed by atoms with Gasteiger partial charge in [0.25, 0.3) is 5.91 Å². The van der Waals surface area contributed by atoms with Crippen LogP contribution in [0.2, 0.25) is 0 Å². The molecule has 21 heavy (non-hydrogen) atoms. The van der Waals surface area contributed by atoms with E-state index in [0.717, 1.165) is 12.1 Å². The molecular formula is C11H6Br2F3N3O2. The van der Waals surface area contributed by atoms with Crippen LogP contribution in [0.3, 0.4) is 0 Å². The SMILES string of the molecule is O=C(Nc1ccc(OC(F)(F)F)cc1)c1n[nH]c(Br)c1Br. The number of anilines is 1. The maximum Gasteiger partial charge on any atom is 0.573 e. The molecule has 2 rings (SSSR count). The molecule has 0 aliphatic rings. The van der Waals surface area contributed by atoms with Gasteiger partial charge in [0.2, 0.25) is 0 Å². The average molecular weight is 429 g/mol. The quantitative estimate of drug-likeness (QED) is 0.773. The number of nitrogens with one attached hydrogen (secondary N) is 2. The Morgan fingerprint density at radius 3 is 2.33 bits per heavy atom. The normalized spacial score (nSPS) is 11.3. The van der Waals surface area contributed by atoms with Crippen LogP contribution >= 0.6 is 31.9 Å². The summed E-state index contributed by atoms with van der Waals surface area (Å²) in [7, 11) is 0. The highest BCUT2D eigenvalue weighted by molar-refractivity contribution is 9.13. The fraction of sp³-hybridized carbons (Fsp3) is 0.0909. The molecule has 112 valence electrons. The average Bonchev–Trinajstić information content (AvgIpc) is 2.71. The Labute approximate surface area is 133 Å². The Morgan fingerprint density at radius 2 is 1.86 bits per heavy atom. The van der Waals surface area contributed by atoms with Gasteiger partial charge in [-0.1, -0.05) is 0 Å². The van der Waals surface area contributed by atoms with Gasteiger partial charge in [-0.15, -0.1) is 13.2 Å². The van der Waals surface area contributed by atoms with Gasteiger partial charge in [-0.2, -0.15) is 5.10 Å². The summed E-state index contributed by atoms with van der Waals surface area (Å²) in [4.78, 5) is 11.9. The number of alkyl halides is 3. The summed E-state index contributed by atoms with van der Waals surface area (Å²) in [5.41, 5.74) is 0.415. The Hall–Kier alpha value is -1.55. The summed E-state index contributed by atoms with van der Waals surface area (Å²) in [5, 5.41) is 8.82. The topological polar surface area (TPSA) is 67.0 Å². The lowest BCUT2D eigenvalue weighted by atomic mass is 10.3. The van der Waals surface area contributed by atoms with E-state index in [4.69, 9.17) is 0 Å². The van der Waals surface area contributed by atoms with E-state index in [1.54, 1.807) is 0 Å². The van der Waals surface area contributed by atoms with Crippen molar-refractivity contribution in [2.45, 2.75) is 6.36 Å². The molecule has 0 unspecified atom stereocenters. The van der Waals surface area contributed by atoms with Gasteiger partial charge in [0.1, 0.15) is 10.4 Å². The molecule has 10 heteroatoms. The summed E-state index contributed by atoms with van der Waals surface area (Å²) >= 11 is 6.30. The van der Waals surface area contributed by atoms with E-state index in [0.29, 0.717) is 14.8 Å². The summed E-state index contributed by atoms with van der Waals surface area (Å²) in [6.45, 7) is 0. The number of nitrogens with zero attached hydrogens (tertiary/aromatic N) is 1. The summed E-state index contributed by atoms with van der Waals surface area (Å²) < 4.78 is 40.7. The molecule has 0 radical (unpaired) electrons. The van der Waals surface area contributed by atoms with Crippen LogP contribution in [-0.4, -0.2) is 22.5 Å². The second-order valence-electron chi connectivity index (χ2n) is 3.73. The Kier molecular flexibility index (Phi) is 4.57. The van der Waals surface area contributed by atoms with E-state index in [1.807, 2.05) is 0 Å². The molecule has 5 nitrogen and oxygen atoms in total. The summed E-state index contributed by atoms with van der Waals surface area (Å²) in [5.74, 6) is -0.891. The third kappa shape index (κ3) is 4.21. The van der Waals surface area contributed by atoms with Gasteiger partial charge in [0, 0.05) is 5.69 Å². The maximum absolute atomic E-state index is 12.0. The zero-order valence-electron chi connectivity index (χ0n) is 9.96. The molecule has 1 amide bonds. The van der Waals surface area contributed by atoms with Gasteiger partial charge in [-0.3, -0.25) is 9.89 Å². The monoisotopic (exact) mass is 427 g/mol. The van der Waals surface area contributed by atoms with Crippen LogP contribution in [0.4, 0.5) is 18.9 Å². The van der Waals surface area contributed by atoms with Gasteiger partial charge in [-0.05, 0) is 56.1 Å². The first-order valence-corrected chi connectivity index (χ1v) is 6.91. The molecule has 0 spiro atoms. The predicted molar refractivity (Wildman–Crippen MR) is 75.1 cm³/mol. The van der Waals surface area contributed by atoms with Crippen molar-refractivity contribution in [3.63, 3.8) is 0 Å². The van der Waals surface area contributed by atoms with E-state index >= 15 is 0 Å².